The van der Waals surface area contributed by atoms with Crippen molar-refractivity contribution in [2.24, 2.45) is 0 Å². The van der Waals surface area contributed by atoms with Crippen LogP contribution in [0.3, 0.4) is 0 Å². The van der Waals surface area contributed by atoms with Gasteiger partial charge < -0.3 is 16.0 Å². The van der Waals surface area contributed by atoms with Crippen LogP contribution in [-0.2, 0) is 6.18 Å². The first-order valence-electron chi connectivity index (χ1n) is 7.89. The minimum Gasteiger partial charge on any atom is -0.383 e. The molecule has 1 fully saturated rings. The highest BCUT2D eigenvalue weighted by molar-refractivity contribution is 7.81. The summed E-state index contributed by atoms with van der Waals surface area (Å²) in [6.07, 6.45) is -2.48. The number of aromatic amines is 1. The molecule has 1 aliphatic rings. The third-order valence-corrected chi connectivity index (χ3v) is 4.32. The Labute approximate surface area is 152 Å². The minimum atomic E-state index is -4.48. The third-order valence-electron chi connectivity index (χ3n) is 4.02. The molecule has 26 heavy (non-hydrogen) atoms. The fourth-order valence-electron chi connectivity index (χ4n) is 2.74. The lowest BCUT2D eigenvalue weighted by molar-refractivity contribution is -0.137. The second-order valence-electron chi connectivity index (χ2n) is 5.88. The molecule has 6 nitrogen and oxygen atoms in total. The van der Waals surface area contributed by atoms with Crippen molar-refractivity contribution in [1.29, 1.82) is 0 Å². The van der Waals surface area contributed by atoms with E-state index < -0.39 is 17.3 Å². The summed E-state index contributed by atoms with van der Waals surface area (Å²) in [5.74, 6) is 0.302. The van der Waals surface area contributed by atoms with Gasteiger partial charge in [-0.3, -0.25) is 9.78 Å². The summed E-state index contributed by atoms with van der Waals surface area (Å²) in [7, 11) is 0. The molecular weight excluding hydrogens is 367 g/mol. The normalized spacial score (nSPS) is 14.5. The Morgan fingerprint density at radius 2 is 2.00 bits per heavy atom. The van der Waals surface area contributed by atoms with E-state index in [0.717, 1.165) is 38.1 Å². The molecule has 1 aliphatic heterocycles. The third kappa shape index (κ3) is 3.79. The van der Waals surface area contributed by atoms with Gasteiger partial charge in [-0.05, 0) is 31.0 Å². The largest absolute Gasteiger partial charge is 0.416 e. The van der Waals surface area contributed by atoms with E-state index in [4.69, 9.17) is 18.0 Å². The summed E-state index contributed by atoms with van der Waals surface area (Å²) >= 11 is 5.15. The molecule has 2 heterocycles. The van der Waals surface area contributed by atoms with Crippen molar-refractivity contribution in [3.63, 3.8) is 0 Å². The van der Waals surface area contributed by atoms with Gasteiger partial charge in [0.05, 0.1) is 5.56 Å². The first kappa shape index (κ1) is 18.2. The molecule has 1 aromatic carbocycles. The van der Waals surface area contributed by atoms with Crippen LogP contribution in [0.2, 0.25) is 0 Å². The highest BCUT2D eigenvalue weighted by Gasteiger charge is 2.30. The van der Waals surface area contributed by atoms with Crippen molar-refractivity contribution >= 4 is 34.7 Å². The van der Waals surface area contributed by atoms with Gasteiger partial charge in [0.2, 0.25) is 5.95 Å². The number of hydrogen-bond acceptors (Lipinski definition) is 5. The van der Waals surface area contributed by atoms with E-state index >= 15 is 0 Å². The monoisotopic (exact) mass is 383 g/mol. The lowest BCUT2D eigenvalue weighted by Gasteiger charge is -2.17. The molecule has 0 aliphatic carbocycles. The first-order valence-corrected chi connectivity index (χ1v) is 8.30. The predicted molar refractivity (Wildman–Crippen MR) is 97.5 cm³/mol. The van der Waals surface area contributed by atoms with Gasteiger partial charge in [0.1, 0.15) is 16.4 Å². The van der Waals surface area contributed by atoms with Gasteiger partial charge in [-0.2, -0.15) is 18.2 Å². The summed E-state index contributed by atoms with van der Waals surface area (Å²) < 4.78 is 38.4. The Hall–Kier alpha value is -2.62. The highest BCUT2D eigenvalue weighted by atomic mass is 32.1. The lowest BCUT2D eigenvalue weighted by Crippen LogP contribution is -2.30. The molecule has 4 N–H and O–H groups in total. The average molecular weight is 383 g/mol. The van der Waals surface area contributed by atoms with Gasteiger partial charge in [0.15, 0.2) is 0 Å². The second kappa shape index (κ2) is 6.94. The van der Waals surface area contributed by atoms with E-state index in [-0.39, 0.29) is 22.1 Å². The van der Waals surface area contributed by atoms with Gasteiger partial charge in [-0.15, -0.1) is 0 Å². The van der Waals surface area contributed by atoms with Crippen LogP contribution >= 0.6 is 12.2 Å². The fourth-order valence-corrected chi connectivity index (χ4v) is 3.06. The van der Waals surface area contributed by atoms with Gasteiger partial charge in [-0.25, -0.2) is 0 Å². The molecule has 1 saturated heterocycles. The smallest absolute Gasteiger partial charge is 0.383 e. The number of aromatic nitrogens is 2. The molecule has 138 valence electrons. The summed E-state index contributed by atoms with van der Waals surface area (Å²) in [6, 6.07) is 4.51. The molecule has 1 aromatic heterocycles. The van der Waals surface area contributed by atoms with Crippen LogP contribution in [0.4, 0.5) is 30.6 Å². The van der Waals surface area contributed by atoms with Crippen LogP contribution in [0.1, 0.15) is 24.0 Å². The molecule has 0 atom stereocenters. The molecule has 0 bridgehead atoms. The molecule has 2 aromatic rings. The zero-order valence-corrected chi connectivity index (χ0v) is 14.4. The SMILES string of the molecule is Nc1nc(N2CCCC2)[nH]c(=O)c1C(=S)Nc1cccc(C(F)(F)F)c1. The van der Waals surface area contributed by atoms with Crippen LogP contribution in [0.25, 0.3) is 0 Å². The maximum Gasteiger partial charge on any atom is 0.416 e. The maximum atomic E-state index is 12.8. The fraction of sp³-hybridized carbons (Fsp3) is 0.312. The number of nitrogens with two attached hydrogens (primary N) is 1. The van der Waals surface area contributed by atoms with Crippen molar-refractivity contribution in [2.45, 2.75) is 19.0 Å². The Morgan fingerprint density at radius 3 is 2.62 bits per heavy atom. The van der Waals surface area contributed by atoms with Crippen molar-refractivity contribution in [1.82, 2.24) is 9.97 Å². The predicted octanol–water partition coefficient (Wildman–Crippen LogP) is 2.76. The van der Waals surface area contributed by atoms with E-state index in [0.29, 0.717) is 5.95 Å². The number of benzene rings is 1. The Bertz CT molecular complexity index is 890. The zero-order valence-electron chi connectivity index (χ0n) is 13.6. The number of H-pyrrole nitrogens is 1. The Kier molecular flexibility index (Phi) is 4.86. The number of anilines is 3. The molecule has 0 unspecified atom stereocenters. The first-order chi connectivity index (χ1) is 12.3. The van der Waals surface area contributed by atoms with Crippen LogP contribution in [0.5, 0.6) is 0 Å². The zero-order chi connectivity index (χ0) is 18.9. The summed E-state index contributed by atoms with van der Waals surface area (Å²) in [5, 5.41) is 2.62. The average Bonchev–Trinajstić information content (AvgIpc) is 3.08. The van der Waals surface area contributed by atoms with E-state index in [2.05, 4.69) is 15.3 Å². The van der Waals surface area contributed by atoms with Crippen LogP contribution in [0, 0.1) is 0 Å². The number of nitrogens with zero attached hydrogens (tertiary/aromatic N) is 2. The van der Waals surface area contributed by atoms with Crippen LogP contribution < -0.4 is 21.5 Å². The maximum absolute atomic E-state index is 12.8. The number of hydrogen-bond donors (Lipinski definition) is 3. The quantitative estimate of drug-likeness (QED) is 0.707. The highest BCUT2D eigenvalue weighted by Crippen LogP contribution is 2.30. The van der Waals surface area contributed by atoms with Crippen molar-refractivity contribution in [2.75, 3.05) is 29.0 Å². The summed E-state index contributed by atoms with van der Waals surface area (Å²) in [4.78, 5) is 21.0. The van der Waals surface area contributed by atoms with E-state index in [1.807, 2.05) is 4.90 Å². The van der Waals surface area contributed by atoms with Gasteiger partial charge in [0, 0.05) is 18.8 Å². The lowest BCUT2D eigenvalue weighted by atomic mass is 10.2. The number of thiocarbonyl (C=S) groups is 1. The molecule has 0 saturated carbocycles. The topological polar surface area (TPSA) is 87.0 Å². The van der Waals surface area contributed by atoms with Crippen molar-refractivity contribution < 1.29 is 13.2 Å². The van der Waals surface area contributed by atoms with Crippen molar-refractivity contribution in [3.05, 3.63) is 45.7 Å². The number of nitrogens with one attached hydrogen (secondary N) is 2. The number of alkyl halides is 3. The molecule has 0 spiro atoms. The number of rotatable bonds is 3. The summed E-state index contributed by atoms with van der Waals surface area (Å²) in [5.41, 5.74) is 4.55. The molecule has 3 rings (SSSR count). The number of nitrogen functional groups attached to an aromatic ring is 1. The van der Waals surface area contributed by atoms with E-state index in [1.54, 1.807) is 0 Å². The second-order valence-corrected chi connectivity index (χ2v) is 6.28. The molecule has 0 radical (unpaired) electrons. The standard InChI is InChI=1S/C16H16F3N5OS/c17-16(18,19)9-4-3-5-10(8-9)21-14(26)11-12(20)22-15(23-13(11)25)24-6-1-2-7-24/h3-5,8H,1-2,6-7H2,(H,21,26)(H3,20,22,23,25). The number of halogens is 3. The van der Waals surface area contributed by atoms with E-state index in [1.165, 1.54) is 12.1 Å². The van der Waals surface area contributed by atoms with Crippen LogP contribution in [0.15, 0.2) is 29.1 Å². The van der Waals surface area contributed by atoms with Gasteiger partial charge in [0.25, 0.3) is 5.56 Å². The molecule has 10 heteroatoms. The van der Waals surface area contributed by atoms with E-state index in [9.17, 15) is 18.0 Å². The van der Waals surface area contributed by atoms with Gasteiger partial charge in [-0.1, -0.05) is 18.3 Å². The molecule has 0 amide bonds. The van der Waals surface area contributed by atoms with Crippen molar-refractivity contribution in [3.8, 4) is 0 Å². The van der Waals surface area contributed by atoms with Gasteiger partial charge >= 0.3 is 6.18 Å². The van der Waals surface area contributed by atoms with Crippen LogP contribution in [-0.4, -0.2) is 28.0 Å². The molecular formula is C16H16F3N5OS. The summed E-state index contributed by atoms with van der Waals surface area (Å²) in [6.45, 7) is 1.54. The Balaban J connectivity index is 1.85. The Morgan fingerprint density at radius 1 is 1.31 bits per heavy atom. The minimum absolute atomic E-state index is 0.0691.